The van der Waals surface area contributed by atoms with Crippen molar-refractivity contribution >= 4 is 5.91 Å². The highest BCUT2D eigenvalue weighted by Gasteiger charge is 2.25. The predicted molar refractivity (Wildman–Crippen MR) is 65.9 cm³/mol. The fourth-order valence-corrected chi connectivity index (χ4v) is 2.46. The number of nitrogens with zero attached hydrogens (tertiary/aromatic N) is 2. The molecule has 2 aliphatic rings. The summed E-state index contributed by atoms with van der Waals surface area (Å²) in [5, 5.41) is 3.34. The van der Waals surface area contributed by atoms with E-state index in [0.717, 1.165) is 45.8 Å². The molecule has 0 radical (unpaired) electrons. The standard InChI is InChI=1S/C12H23N3O2/c1-2-12(16)15-7-8-17-11(10-15)9-14-5-3-13-4-6-14/h11,13H,2-10H2,1H3. The van der Waals surface area contributed by atoms with Crippen LogP contribution in [0.5, 0.6) is 0 Å². The van der Waals surface area contributed by atoms with Gasteiger partial charge < -0.3 is 15.0 Å². The van der Waals surface area contributed by atoms with Gasteiger partial charge in [0.25, 0.3) is 0 Å². The molecule has 1 atom stereocenters. The molecule has 98 valence electrons. The first-order valence-corrected chi connectivity index (χ1v) is 6.62. The van der Waals surface area contributed by atoms with E-state index in [-0.39, 0.29) is 12.0 Å². The normalized spacial score (nSPS) is 27.1. The molecule has 5 heteroatoms. The van der Waals surface area contributed by atoms with Crippen molar-refractivity contribution in [1.82, 2.24) is 15.1 Å². The second kappa shape index (κ2) is 6.33. The Balaban J connectivity index is 1.78. The molecule has 2 fully saturated rings. The zero-order valence-corrected chi connectivity index (χ0v) is 10.7. The Hall–Kier alpha value is -0.650. The number of hydrogen-bond acceptors (Lipinski definition) is 4. The molecule has 0 spiro atoms. The highest BCUT2D eigenvalue weighted by Crippen LogP contribution is 2.09. The average Bonchev–Trinajstić information content (AvgIpc) is 2.39. The lowest BCUT2D eigenvalue weighted by atomic mass is 10.2. The highest BCUT2D eigenvalue weighted by molar-refractivity contribution is 5.75. The lowest BCUT2D eigenvalue weighted by Crippen LogP contribution is -2.52. The zero-order valence-electron chi connectivity index (χ0n) is 10.7. The van der Waals surface area contributed by atoms with Gasteiger partial charge in [0.05, 0.1) is 12.7 Å². The van der Waals surface area contributed by atoms with Crippen LogP contribution in [0.2, 0.25) is 0 Å². The molecular weight excluding hydrogens is 218 g/mol. The molecule has 0 bridgehead atoms. The van der Waals surface area contributed by atoms with Crippen LogP contribution in [0.1, 0.15) is 13.3 Å². The van der Waals surface area contributed by atoms with Gasteiger partial charge in [0.2, 0.25) is 5.91 Å². The van der Waals surface area contributed by atoms with Crippen molar-refractivity contribution in [2.45, 2.75) is 19.4 Å². The first-order chi connectivity index (χ1) is 8.29. The fourth-order valence-electron chi connectivity index (χ4n) is 2.46. The lowest BCUT2D eigenvalue weighted by Gasteiger charge is -2.36. The first kappa shape index (κ1) is 12.8. The fraction of sp³-hybridized carbons (Fsp3) is 0.917. The molecule has 1 N–H and O–H groups in total. The molecule has 0 saturated carbocycles. The van der Waals surface area contributed by atoms with Crippen LogP contribution < -0.4 is 5.32 Å². The van der Waals surface area contributed by atoms with Crippen LogP contribution in [0.15, 0.2) is 0 Å². The lowest BCUT2D eigenvalue weighted by molar-refractivity contribution is -0.139. The molecule has 2 saturated heterocycles. The van der Waals surface area contributed by atoms with Crippen LogP contribution >= 0.6 is 0 Å². The minimum atomic E-state index is 0.192. The summed E-state index contributed by atoms with van der Waals surface area (Å²) >= 11 is 0. The van der Waals surface area contributed by atoms with Crippen molar-refractivity contribution in [3.63, 3.8) is 0 Å². The average molecular weight is 241 g/mol. The third kappa shape index (κ3) is 3.66. The molecule has 0 aromatic carbocycles. The number of hydrogen-bond donors (Lipinski definition) is 1. The van der Waals surface area contributed by atoms with E-state index in [1.54, 1.807) is 0 Å². The van der Waals surface area contributed by atoms with E-state index < -0.39 is 0 Å². The van der Waals surface area contributed by atoms with E-state index in [1.807, 2.05) is 11.8 Å². The summed E-state index contributed by atoms with van der Waals surface area (Å²) in [4.78, 5) is 16.0. The topological polar surface area (TPSA) is 44.8 Å². The summed E-state index contributed by atoms with van der Waals surface area (Å²) in [7, 11) is 0. The largest absolute Gasteiger partial charge is 0.373 e. The Morgan fingerprint density at radius 1 is 1.35 bits per heavy atom. The second-order valence-electron chi connectivity index (χ2n) is 4.74. The van der Waals surface area contributed by atoms with Gasteiger partial charge in [0.1, 0.15) is 0 Å². The highest BCUT2D eigenvalue weighted by atomic mass is 16.5. The number of morpholine rings is 1. The van der Waals surface area contributed by atoms with Crippen molar-refractivity contribution in [3.05, 3.63) is 0 Å². The van der Waals surface area contributed by atoms with E-state index >= 15 is 0 Å². The maximum absolute atomic E-state index is 11.7. The van der Waals surface area contributed by atoms with Crippen LogP contribution in [0, 0.1) is 0 Å². The summed E-state index contributed by atoms with van der Waals surface area (Å²) in [6.07, 6.45) is 0.790. The Bertz CT molecular complexity index is 254. The van der Waals surface area contributed by atoms with Crippen LogP contribution in [0.4, 0.5) is 0 Å². The van der Waals surface area contributed by atoms with Gasteiger partial charge in [-0.3, -0.25) is 9.69 Å². The maximum Gasteiger partial charge on any atom is 0.222 e. The number of ether oxygens (including phenoxy) is 1. The number of rotatable bonds is 3. The van der Waals surface area contributed by atoms with Crippen molar-refractivity contribution in [3.8, 4) is 0 Å². The molecule has 2 heterocycles. The Morgan fingerprint density at radius 3 is 2.82 bits per heavy atom. The summed E-state index contributed by atoms with van der Waals surface area (Å²) in [6, 6.07) is 0. The van der Waals surface area contributed by atoms with Gasteiger partial charge in [-0.2, -0.15) is 0 Å². The molecule has 0 aromatic heterocycles. The number of amides is 1. The van der Waals surface area contributed by atoms with E-state index in [2.05, 4.69) is 10.2 Å². The predicted octanol–water partition coefficient (Wildman–Crippen LogP) is -0.471. The van der Waals surface area contributed by atoms with E-state index in [4.69, 9.17) is 4.74 Å². The van der Waals surface area contributed by atoms with Crippen LogP contribution in [-0.4, -0.2) is 74.2 Å². The first-order valence-electron chi connectivity index (χ1n) is 6.62. The van der Waals surface area contributed by atoms with Crippen molar-refractivity contribution < 1.29 is 9.53 Å². The Labute approximate surface area is 103 Å². The van der Waals surface area contributed by atoms with Gasteiger partial charge >= 0.3 is 0 Å². The Morgan fingerprint density at radius 2 is 2.12 bits per heavy atom. The van der Waals surface area contributed by atoms with Gasteiger partial charge in [-0.15, -0.1) is 0 Å². The van der Waals surface area contributed by atoms with Crippen LogP contribution in [-0.2, 0) is 9.53 Å². The quantitative estimate of drug-likeness (QED) is 0.725. The SMILES string of the molecule is CCC(=O)N1CCOC(CN2CCNCC2)C1. The van der Waals surface area contributed by atoms with Gasteiger partial charge in [-0.05, 0) is 0 Å². The van der Waals surface area contributed by atoms with Gasteiger partial charge in [-0.25, -0.2) is 0 Å². The van der Waals surface area contributed by atoms with Gasteiger partial charge in [0.15, 0.2) is 0 Å². The minimum Gasteiger partial charge on any atom is -0.373 e. The van der Waals surface area contributed by atoms with E-state index in [9.17, 15) is 4.79 Å². The number of carbonyl (C=O) groups is 1. The molecule has 2 rings (SSSR count). The molecule has 17 heavy (non-hydrogen) atoms. The third-order valence-corrected chi connectivity index (χ3v) is 3.47. The molecule has 5 nitrogen and oxygen atoms in total. The van der Waals surface area contributed by atoms with Gasteiger partial charge in [0, 0.05) is 52.2 Å². The van der Waals surface area contributed by atoms with Crippen LogP contribution in [0.25, 0.3) is 0 Å². The summed E-state index contributed by atoms with van der Waals surface area (Å²) < 4.78 is 5.75. The smallest absolute Gasteiger partial charge is 0.222 e. The third-order valence-electron chi connectivity index (χ3n) is 3.47. The van der Waals surface area contributed by atoms with E-state index in [1.165, 1.54) is 0 Å². The molecular formula is C12H23N3O2. The van der Waals surface area contributed by atoms with Crippen molar-refractivity contribution in [1.29, 1.82) is 0 Å². The monoisotopic (exact) mass is 241 g/mol. The molecule has 2 aliphatic heterocycles. The van der Waals surface area contributed by atoms with Crippen molar-refractivity contribution in [2.75, 3.05) is 52.4 Å². The minimum absolute atomic E-state index is 0.192. The molecule has 1 amide bonds. The van der Waals surface area contributed by atoms with Gasteiger partial charge in [-0.1, -0.05) is 6.92 Å². The zero-order chi connectivity index (χ0) is 12.1. The summed E-state index contributed by atoms with van der Waals surface area (Å²) in [5.74, 6) is 0.249. The molecule has 0 aliphatic carbocycles. The van der Waals surface area contributed by atoms with Crippen LogP contribution in [0.3, 0.4) is 0 Å². The number of carbonyl (C=O) groups excluding carboxylic acids is 1. The molecule has 1 unspecified atom stereocenters. The van der Waals surface area contributed by atoms with Crippen molar-refractivity contribution in [2.24, 2.45) is 0 Å². The maximum atomic E-state index is 11.7. The number of nitrogens with one attached hydrogen (secondary N) is 1. The Kier molecular flexibility index (Phi) is 4.76. The summed E-state index contributed by atoms with van der Waals surface area (Å²) in [6.45, 7) is 9.36. The number of piperazine rings is 1. The van der Waals surface area contributed by atoms with E-state index in [0.29, 0.717) is 13.0 Å². The summed E-state index contributed by atoms with van der Waals surface area (Å²) in [5.41, 5.74) is 0. The second-order valence-corrected chi connectivity index (χ2v) is 4.74. The molecule has 0 aromatic rings.